The van der Waals surface area contributed by atoms with E-state index >= 15 is 0 Å². The first kappa shape index (κ1) is 19.6. The molecule has 1 aromatic rings. The number of carbonyl (C=O) groups is 3. The summed E-state index contributed by atoms with van der Waals surface area (Å²) >= 11 is 0. The zero-order chi connectivity index (χ0) is 18.9. The summed E-state index contributed by atoms with van der Waals surface area (Å²) in [6.07, 6.45) is 2.45. The number of benzene rings is 1. The van der Waals surface area contributed by atoms with Gasteiger partial charge in [0.2, 0.25) is 0 Å². The number of urea groups is 1. The van der Waals surface area contributed by atoms with Gasteiger partial charge in [0.05, 0.1) is 5.92 Å². The van der Waals surface area contributed by atoms with Gasteiger partial charge >= 0.3 is 12.0 Å². The van der Waals surface area contributed by atoms with Crippen molar-refractivity contribution in [2.75, 3.05) is 18.5 Å². The van der Waals surface area contributed by atoms with Crippen LogP contribution in [0.15, 0.2) is 24.3 Å². The average Bonchev–Trinajstić information content (AvgIpc) is 2.61. The number of rotatable bonds is 7. The van der Waals surface area contributed by atoms with Crippen LogP contribution in [0.3, 0.4) is 0 Å². The summed E-state index contributed by atoms with van der Waals surface area (Å²) in [5.74, 6) is -0.802. The van der Waals surface area contributed by atoms with E-state index in [1.54, 1.807) is 24.3 Å². The number of carboxylic acids is 1. The molecule has 1 fully saturated rings. The van der Waals surface area contributed by atoms with Crippen LogP contribution in [-0.4, -0.2) is 42.2 Å². The Balaban J connectivity index is 1.79. The molecule has 0 aliphatic heterocycles. The lowest BCUT2D eigenvalue weighted by Crippen LogP contribution is -2.40. The first-order valence-corrected chi connectivity index (χ1v) is 8.77. The fraction of sp³-hybridized carbons (Fsp3) is 0.500. The highest BCUT2D eigenvalue weighted by Crippen LogP contribution is 2.24. The smallest absolute Gasteiger partial charge is 0.319 e. The second kappa shape index (κ2) is 9.65. The highest BCUT2D eigenvalue weighted by molar-refractivity contribution is 5.89. The van der Waals surface area contributed by atoms with Gasteiger partial charge in [-0.05, 0) is 44.7 Å². The number of anilines is 1. The number of carbonyl (C=O) groups excluding carboxylic acids is 2. The molecule has 1 aliphatic rings. The zero-order valence-electron chi connectivity index (χ0n) is 14.8. The molecule has 0 aromatic heterocycles. The molecule has 0 bridgehead atoms. The van der Waals surface area contributed by atoms with E-state index in [1.807, 2.05) is 6.92 Å². The van der Waals surface area contributed by atoms with Crippen LogP contribution in [0.5, 0.6) is 5.75 Å². The average molecular weight is 363 g/mol. The summed E-state index contributed by atoms with van der Waals surface area (Å²) in [5.41, 5.74) is 0.551. The van der Waals surface area contributed by atoms with E-state index in [4.69, 9.17) is 9.84 Å². The lowest BCUT2D eigenvalue weighted by molar-refractivity contribution is -0.142. The summed E-state index contributed by atoms with van der Waals surface area (Å²) in [5, 5.41) is 17.2. The summed E-state index contributed by atoms with van der Waals surface area (Å²) in [6.45, 7) is 2.28. The number of hydrogen-bond acceptors (Lipinski definition) is 4. The predicted octanol–water partition coefficient (Wildman–Crippen LogP) is 1.97. The summed E-state index contributed by atoms with van der Waals surface area (Å²) in [7, 11) is 0. The zero-order valence-corrected chi connectivity index (χ0v) is 14.8. The van der Waals surface area contributed by atoms with Crippen molar-refractivity contribution in [3.05, 3.63) is 24.3 Å². The van der Waals surface area contributed by atoms with Gasteiger partial charge in [0.25, 0.3) is 5.91 Å². The lowest BCUT2D eigenvalue weighted by atomic mass is 9.86. The van der Waals surface area contributed by atoms with E-state index in [0.717, 1.165) is 0 Å². The fourth-order valence-electron chi connectivity index (χ4n) is 2.90. The molecule has 2 rings (SSSR count). The van der Waals surface area contributed by atoms with E-state index in [2.05, 4.69) is 16.0 Å². The molecule has 0 unspecified atom stereocenters. The number of aliphatic carboxylic acids is 1. The van der Waals surface area contributed by atoms with Gasteiger partial charge < -0.3 is 25.8 Å². The topological polar surface area (TPSA) is 117 Å². The van der Waals surface area contributed by atoms with Gasteiger partial charge in [0.1, 0.15) is 5.75 Å². The van der Waals surface area contributed by atoms with Crippen LogP contribution in [0.2, 0.25) is 0 Å². The van der Waals surface area contributed by atoms with E-state index < -0.39 is 5.97 Å². The van der Waals surface area contributed by atoms with E-state index in [-0.39, 0.29) is 30.5 Å². The summed E-state index contributed by atoms with van der Waals surface area (Å²) in [4.78, 5) is 34.5. The van der Waals surface area contributed by atoms with Crippen molar-refractivity contribution in [3.63, 3.8) is 0 Å². The number of nitrogens with one attached hydrogen (secondary N) is 3. The molecule has 0 radical (unpaired) electrons. The fourth-order valence-corrected chi connectivity index (χ4v) is 2.90. The van der Waals surface area contributed by atoms with Gasteiger partial charge in [-0.25, -0.2) is 4.79 Å². The Hall–Kier alpha value is -2.77. The first-order valence-electron chi connectivity index (χ1n) is 8.77. The van der Waals surface area contributed by atoms with Crippen LogP contribution in [-0.2, 0) is 9.59 Å². The minimum atomic E-state index is -0.766. The number of amides is 3. The number of carboxylic acid groups (broad SMARTS) is 1. The molecule has 8 heteroatoms. The molecule has 1 aliphatic carbocycles. The molecular formula is C18H25N3O5. The molecule has 142 valence electrons. The second-order valence-electron chi connectivity index (χ2n) is 6.26. The third-order valence-corrected chi connectivity index (χ3v) is 4.25. The molecule has 1 aromatic carbocycles. The normalized spacial score (nSPS) is 19.3. The van der Waals surface area contributed by atoms with Crippen LogP contribution in [0, 0.1) is 5.92 Å². The van der Waals surface area contributed by atoms with Gasteiger partial charge in [-0.2, -0.15) is 0 Å². The van der Waals surface area contributed by atoms with E-state index in [1.165, 1.54) is 0 Å². The molecule has 0 heterocycles. The minimum absolute atomic E-state index is 0.0252. The predicted molar refractivity (Wildman–Crippen MR) is 96.2 cm³/mol. The third-order valence-electron chi connectivity index (χ3n) is 4.25. The van der Waals surface area contributed by atoms with Crippen molar-refractivity contribution in [2.45, 2.75) is 38.6 Å². The Morgan fingerprint density at radius 3 is 2.58 bits per heavy atom. The summed E-state index contributed by atoms with van der Waals surface area (Å²) < 4.78 is 5.39. The van der Waals surface area contributed by atoms with Gasteiger partial charge in [-0.15, -0.1) is 0 Å². The van der Waals surface area contributed by atoms with Gasteiger partial charge in [-0.1, -0.05) is 6.07 Å². The largest absolute Gasteiger partial charge is 0.484 e. The molecule has 8 nitrogen and oxygen atoms in total. The molecule has 3 amide bonds. The second-order valence-corrected chi connectivity index (χ2v) is 6.26. The van der Waals surface area contributed by atoms with E-state index in [0.29, 0.717) is 43.7 Å². The minimum Gasteiger partial charge on any atom is -0.484 e. The van der Waals surface area contributed by atoms with Crippen molar-refractivity contribution >= 4 is 23.6 Å². The van der Waals surface area contributed by atoms with Crippen LogP contribution < -0.4 is 20.7 Å². The van der Waals surface area contributed by atoms with E-state index in [9.17, 15) is 14.4 Å². The van der Waals surface area contributed by atoms with Crippen LogP contribution >= 0.6 is 0 Å². The lowest BCUT2D eigenvalue weighted by Gasteiger charge is -2.26. The Bertz CT molecular complexity index is 641. The monoisotopic (exact) mass is 363 g/mol. The van der Waals surface area contributed by atoms with Crippen molar-refractivity contribution in [1.82, 2.24) is 10.6 Å². The van der Waals surface area contributed by atoms with Gasteiger partial charge in [0.15, 0.2) is 6.61 Å². The molecule has 0 atom stereocenters. The van der Waals surface area contributed by atoms with Crippen LogP contribution in [0.1, 0.15) is 32.6 Å². The van der Waals surface area contributed by atoms with Crippen molar-refractivity contribution in [1.29, 1.82) is 0 Å². The van der Waals surface area contributed by atoms with Crippen LogP contribution in [0.4, 0.5) is 10.5 Å². The van der Waals surface area contributed by atoms with Crippen molar-refractivity contribution < 1.29 is 24.2 Å². The Morgan fingerprint density at radius 2 is 1.92 bits per heavy atom. The highest BCUT2D eigenvalue weighted by Gasteiger charge is 2.26. The third kappa shape index (κ3) is 6.27. The molecule has 1 saturated carbocycles. The standard InChI is InChI=1S/C18H25N3O5/c1-2-19-16(22)11-26-15-5-3-4-14(10-15)21-18(25)20-13-8-6-12(7-9-13)17(23)24/h3-5,10,12-13H,2,6-9,11H2,1H3,(H,19,22)(H,23,24)(H2,20,21,25). The first-order chi connectivity index (χ1) is 12.5. The number of hydrogen-bond donors (Lipinski definition) is 4. The molecule has 26 heavy (non-hydrogen) atoms. The summed E-state index contributed by atoms with van der Waals surface area (Å²) in [6, 6.07) is 6.42. The molecule has 0 spiro atoms. The highest BCUT2D eigenvalue weighted by atomic mass is 16.5. The molecule has 0 saturated heterocycles. The van der Waals surface area contributed by atoms with Gasteiger partial charge in [0, 0.05) is 24.3 Å². The number of likely N-dealkylation sites (N-methyl/N-ethyl adjacent to an activating group) is 1. The number of ether oxygens (including phenoxy) is 1. The maximum absolute atomic E-state index is 12.1. The van der Waals surface area contributed by atoms with Crippen molar-refractivity contribution in [2.24, 2.45) is 5.92 Å². The Morgan fingerprint density at radius 1 is 1.19 bits per heavy atom. The van der Waals surface area contributed by atoms with Crippen molar-refractivity contribution in [3.8, 4) is 5.75 Å². The maximum atomic E-state index is 12.1. The van der Waals surface area contributed by atoms with Gasteiger partial charge in [-0.3, -0.25) is 9.59 Å². The van der Waals surface area contributed by atoms with Crippen LogP contribution in [0.25, 0.3) is 0 Å². The molecule has 4 N–H and O–H groups in total. The maximum Gasteiger partial charge on any atom is 0.319 e. The Kier molecular flexibility index (Phi) is 7.25. The Labute approximate surface area is 152 Å². The molecular weight excluding hydrogens is 338 g/mol. The quantitative estimate of drug-likeness (QED) is 0.591. The SMILES string of the molecule is CCNC(=O)COc1cccc(NC(=O)NC2CCC(C(=O)O)CC2)c1.